The maximum Gasteiger partial charge on any atom is 0.279 e. The molecule has 0 radical (unpaired) electrons. The molecule has 3 rings (SSSR count). The van der Waals surface area contributed by atoms with Crippen LogP contribution in [0.4, 0.5) is 5.82 Å². The second-order valence-electron chi connectivity index (χ2n) is 7.03. The monoisotopic (exact) mass is 382 g/mol. The summed E-state index contributed by atoms with van der Waals surface area (Å²) in [6, 6.07) is 7.83. The summed E-state index contributed by atoms with van der Waals surface area (Å²) in [5.41, 5.74) is 4.07. The molecule has 28 heavy (non-hydrogen) atoms. The largest absolute Gasteiger partial charge is 0.489 e. The fraction of sp³-hybridized carbons (Fsp3) is 0.381. The van der Waals surface area contributed by atoms with Crippen molar-refractivity contribution in [3.8, 4) is 5.75 Å². The van der Waals surface area contributed by atoms with Crippen LogP contribution in [0.5, 0.6) is 5.75 Å². The summed E-state index contributed by atoms with van der Waals surface area (Å²) in [7, 11) is 0. The van der Waals surface area contributed by atoms with E-state index in [0.29, 0.717) is 17.1 Å². The van der Waals surface area contributed by atoms with Gasteiger partial charge in [-0.3, -0.25) is 9.48 Å². The number of aromatic nitrogens is 3. The molecule has 0 atom stereocenters. The van der Waals surface area contributed by atoms with Crippen LogP contribution in [0.25, 0.3) is 0 Å². The van der Waals surface area contributed by atoms with Gasteiger partial charge in [-0.2, -0.15) is 5.10 Å². The summed E-state index contributed by atoms with van der Waals surface area (Å²) in [4.78, 5) is 12.7. The van der Waals surface area contributed by atoms with Crippen molar-refractivity contribution in [2.75, 3.05) is 5.32 Å². The third-order valence-electron chi connectivity index (χ3n) is 4.44. The lowest BCUT2D eigenvalue weighted by Crippen LogP contribution is -2.16. The number of nitrogens with one attached hydrogen (secondary N) is 1. The Morgan fingerprint density at radius 2 is 1.86 bits per heavy atom. The van der Waals surface area contributed by atoms with Crippen molar-refractivity contribution in [2.24, 2.45) is 0 Å². The van der Waals surface area contributed by atoms with Gasteiger partial charge in [0, 0.05) is 18.3 Å². The molecule has 0 fully saturated rings. The quantitative estimate of drug-likeness (QED) is 0.657. The van der Waals surface area contributed by atoms with E-state index < -0.39 is 0 Å². The molecule has 0 bridgehead atoms. The summed E-state index contributed by atoms with van der Waals surface area (Å²) in [6.07, 6.45) is 0.971. The first kappa shape index (κ1) is 19.7. The highest BCUT2D eigenvalue weighted by atomic mass is 16.5. The second kappa shape index (κ2) is 8.29. The van der Waals surface area contributed by atoms with Crippen molar-refractivity contribution in [1.82, 2.24) is 14.9 Å². The van der Waals surface area contributed by atoms with Gasteiger partial charge in [0.2, 0.25) is 0 Å². The van der Waals surface area contributed by atoms with Crippen LogP contribution in [-0.4, -0.2) is 20.8 Å². The Kier molecular flexibility index (Phi) is 5.82. The van der Waals surface area contributed by atoms with E-state index in [1.54, 1.807) is 6.92 Å². The van der Waals surface area contributed by atoms with Gasteiger partial charge in [0.05, 0.1) is 5.56 Å². The Bertz CT molecular complexity index is 967. The van der Waals surface area contributed by atoms with Crippen molar-refractivity contribution in [1.29, 1.82) is 0 Å². The van der Waals surface area contributed by atoms with E-state index in [2.05, 4.69) is 28.6 Å². The van der Waals surface area contributed by atoms with Crippen molar-refractivity contribution in [3.63, 3.8) is 0 Å². The molecule has 0 unspecified atom stereocenters. The minimum atomic E-state index is -0.364. The van der Waals surface area contributed by atoms with Gasteiger partial charge in [-0.25, -0.2) is 0 Å². The maximum absolute atomic E-state index is 12.7. The Hall–Kier alpha value is -3.09. The maximum atomic E-state index is 12.7. The highest BCUT2D eigenvalue weighted by Gasteiger charge is 2.21. The number of aryl methyl sites for hydroxylation is 5. The molecule has 0 saturated heterocycles. The molecule has 0 spiro atoms. The van der Waals surface area contributed by atoms with Gasteiger partial charge in [0.1, 0.15) is 18.1 Å². The van der Waals surface area contributed by atoms with Crippen molar-refractivity contribution < 1.29 is 14.1 Å². The van der Waals surface area contributed by atoms with Crippen LogP contribution in [0.15, 0.2) is 28.8 Å². The zero-order chi connectivity index (χ0) is 20.3. The van der Waals surface area contributed by atoms with Crippen molar-refractivity contribution >= 4 is 11.7 Å². The average Bonchev–Trinajstić information content (AvgIpc) is 3.15. The number of hydrogen-bond donors (Lipinski definition) is 1. The molecule has 0 aliphatic rings. The Morgan fingerprint density at radius 1 is 1.14 bits per heavy atom. The summed E-state index contributed by atoms with van der Waals surface area (Å²) in [5, 5.41) is 11.1. The Balaban J connectivity index is 1.74. The molecule has 2 heterocycles. The number of rotatable bonds is 7. The number of benzene rings is 1. The van der Waals surface area contributed by atoms with Gasteiger partial charge in [0.15, 0.2) is 11.5 Å². The number of anilines is 1. The molecule has 0 saturated carbocycles. The lowest BCUT2D eigenvalue weighted by molar-refractivity contribution is 0.101. The SMILES string of the molecule is CCCn1nc(NC(=O)c2noc(C)c2COc2cc(C)cc(C)c2)cc1C. The van der Waals surface area contributed by atoms with Crippen LogP contribution in [-0.2, 0) is 13.2 Å². The van der Waals surface area contributed by atoms with E-state index in [1.807, 2.05) is 43.7 Å². The number of carbonyl (C=O) groups excluding carboxylic acids is 1. The lowest BCUT2D eigenvalue weighted by atomic mass is 10.1. The van der Waals surface area contributed by atoms with E-state index in [4.69, 9.17) is 9.26 Å². The third-order valence-corrected chi connectivity index (χ3v) is 4.44. The lowest BCUT2D eigenvalue weighted by Gasteiger charge is -2.08. The molecule has 1 amide bonds. The molecule has 148 valence electrons. The first-order chi connectivity index (χ1) is 13.4. The number of ether oxygens (including phenoxy) is 1. The molecule has 7 nitrogen and oxygen atoms in total. The topological polar surface area (TPSA) is 82.2 Å². The van der Waals surface area contributed by atoms with Crippen molar-refractivity contribution in [3.05, 3.63) is 58.1 Å². The highest BCUT2D eigenvalue weighted by Crippen LogP contribution is 2.21. The van der Waals surface area contributed by atoms with E-state index in [1.165, 1.54) is 0 Å². The van der Waals surface area contributed by atoms with E-state index >= 15 is 0 Å². The normalized spacial score (nSPS) is 10.9. The Labute approximate surface area is 164 Å². The van der Waals surface area contributed by atoms with Gasteiger partial charge in [-0.05, 0) is 57.4 Å². The molecule has 0 aliphatic carbocycles. The van der Waals surface area contributed by atoms with Crippen LogP contribution < -0.4 is 10.1 Å². The zero-order valence-electron chi connectivity index (χ0n) is 17.0. The summed E-state index contributed by atoms with van der Waals surface area (Å²) in [6.45, 7) is 10.8. The standard InChI is InChI=1S/C21H26N4O3/c1-6-7-25-15(4)11-19(23-25)22-21(26)20-18(16(5)28-24-20)12-27-17-9-13(2)8-14(3)10-17/h8-11H,6-7,12H2,1-5H3,(H,22,23,26). The zero-order valence-corrected chi connectivity index (χ0v) is 17.0. The number of nitrogens with zero attached hydrogens (tertiary/aromatic N) is 3. The average molecular weight is 382 g/mol. The fourth-order valence-electron chi connectivity index (χ4n) is 3.10. The minimum Gasteiger partial charge on any atom is -0.489 e. The predicted octanol–water partition coefficient (Wildman–Crippen LogP) is 4.35. The van der Waals surface area contributed by atoms with Crippen LogP contribution in [0, 0.1) is 27.7 Å². The van der Waals surface area contributed by atoms with Crippen molar-refractivity contribution in [2.45, 2.75) is 54.2 Å². The Morgan fingerprint density at radius 3 is 2.54 bits per heavy atom. The number of carbonyl (C=O) groups is 1. The number of hydrogen-bond acceptors (Lipinski definition) is 5. The van der Waals surface area contributed by atoms with Gasteiger partial charge >= 0.3 is 0 Å². The van der Waals surface area contributed by atoms with Crippen LogP contribution in [0.2, 0.25) is 0 Å². The molecule has 2 aromatic heterocycles. The van der Waals surface area contributed by atoms with E-state index in [-0.39, 0.29) is 18.2 Å². The molecular weight excluding hydrogens is 356 g/mol. The molecule has 1 aromatic carbocycles. The summed E-state index contributed by atoms with van der Waals surface area (Å²) in [5.74, 6) is 1.44. The van der Waals surface area contributed by atoms with Crippen LogP contribution in [0.3, 0.4) is 0 Å². The summed E-state index contributed by atoms with van der Waals surface area (Å²) >= 11 is 0. The minimum absolute atomic E-state index is 0.199. The predicted molar refractivity (Wildman–Crippen MR) is 107 cm³/mol. The molecule has 0 aliphatic heterocycles. The molecule has 3 aromatic rings. The van der Waals surface area contributed by atoms with Gasteiger partial charge in [-0.15, -0.1) is 0 Å². The highest BCUT2D eigenvalue weighted by molar-refractivity contribution is 6.03. The van der Waals surface area contributed by atoms with Gasteiger partial charge in [0.25, 0.3) is 5.91 Å². The van der Waals surface area contributed by atoms with Crippen LogP contribution >= 0.6 is 0 Å². The van der Waals surface area contributed by atoms with Gasteiger partial charge in [-0.1, -0.05) is 18.1 Å². The molecule has 1 N–H and O–H groups in total. The van der Waals surface area contributed by atoms with Crippen LogP contribution in [0.1, 0.15) is 52.0 Å². The first-order valence-electron chi connectivity index (χ1n) is 9.39. The summed E-state index contributed by atoms with van der Waals surface area (Å²) < 4.78 is 13.0. The number of amides is 1. The van der Waals surface area contributed by atoms with Gasteiger partial charge < -0.3 is 14.6 Å². The van der Waals surface area contributed by atoms with E-state index in [0.717, 1.165) is 35.5 Å². The third kappa shape index (κ3) is 4.42. The fourth-order valence-corrected chi connectivity index (χ4v) is 3.10. The molecule has 7 heteroatoms. The van der Waals surface area contributed by atoms with E-state index in [9.17, 15) is 4.79 Å². The first-order valence-corrected chi connectivity index (χ1v) is 9.39. The smallest absolute Gasteiger partial charge is 0.279 e. The molecular formula is C21H26N4O3. The second-order valence-corrected chi connectivity index (χ2v) is 7.03.